The smallest absolute Gasteiger partial charge is 0.329 e. The quantitative estimate of drug-likeness (QED) is 0.691. The number of para-hydroxylation sites is 2. The maximum Gasteiger partial charge on any atom is 0.329 e. The maximum atomic E-state index is 12.7. The molecule has 2 aromatic carbocycles. The second-order valence-electron chi connectivity index (χ2n) is 6.78. The zero-order valence-corrected chi connectivity index (χ0v) is 16.7. The van der Waals surface area contributed by atoms with Gasteiger partial charge in [-0.2, -0.15) is 0 Å². The number of carbonyl (C=O) groups excluding carboxylic acids is 1. The monoisotopic (exact) mass is 415 g/mol. The van der Waals surface area contributed by atoms with Crippen LogP contribution in [0.15, 0.2) is 57.8 Å². The number of halogens is 1. The number of fused-ring (bicyclic) bond motifs is 1. The number of nitrogens with one attached hydrogen (secondary N) is 1. The summed E-state index contributed by atoms with van der Waals surface area (Å²) in [6, 6.07) is 15.4. The molecule has 3 rings (SSSR count). The average molecular weight is 416 g/mol. The van der Waals surface area contributed by atoms with Gasteiger partial charge in [-0.3, -0.25) is 13.9 Å². The number of nitrogens with zero attached hydrogens (tertiary/aromatic N) is 2. The van der Waals surface area contributed by atoms with E-state index >= 15 is 0 Å². The van der Waals surface area contributed by atoms with Crippen molar-refractivity contribution in [1.29, 1.82) is 0 Å². The number of amides is 1. The Bertz CT molecular complexity index is 1000. The zero-order chi connectivity index (χ0) is 18.9. The van der Waals surface area contributed by atoms with Gasteiger partial charge in [0.25, 0.3) is 0 Å². The Morgan fingerprint density at radius 3 is 2.19 bits per heavy atom. The van der Waals surface area contributed by atoms with E-state index in [0.717, 1.165) is 21.1 Å². The molecule has 0 unspecified atom stereocenters. The van der Waals surface area contributed by atoms with E-state index < -0.39 is 5.54 Å². The number of imidazole rings is 1. The second kappa shape index (κ2) is 7.11. The molecular formula is C20H22BrN3O2. The summed E-state index contributed by atoms with van der Waals surface area (Å²) in [6.07, 6.45) is 0. The molecular weight excluding hydrogens is 394 g/mol. The summed E-state index contributed by atoms with van der Waals surface area (Å²) in [5, 5.41) is 3.04. The van der Waals surface area contributed by atoms with Gasteiger partial charge in [0.2, 0.25) is 5.91 Å². The highest BCUT2D eigenvalue weighted by Gasteiger charge is 2.24. The minimum Gasteiger partial charge on any atom is -0.346 e. The number of benzene rings is 2. The molecule has 0 fully saturated rings. The standard InChI is InChI=1S/C20H22BrN3O2/c1-4-23-16-7-5-6-8-17(16)24(19(23)26)13-18(25)22-20(2,3)14-9-11-15(21)12-10-14/h5-12H,4,13H2,1-3H3,(H,22,25). The molecule has 1 aromatic heterocycles. The summed E-state index contributed by atoms with van der Waals surface area (Å²) in [5.74, 6) is -0.195. The molecule has 1 amide bonds. The van der Waals surface area contributed by atoms with Gasteiger partial charge in [-0.25, -0.2) is 4.79 Å². The summed E-state index contributed by atoms with van der Waals surface area (Å²) >= 11 is 3.42. The summed E-state index contributed by atoms with van der Waals surface area (Å²) in [7, 11) is 0. The van der Waals surface area contributed by atoms with Crippen LogP contribution in [0.4, 0.5) is 0 Å². The van der Waals surface area contributed by atoms with Crippen LogP contribution in [-0.4, -0.2) is 15.0 Å². The van der Waals surface area contributed by atoms with Gasteiger partial charge in [-0.05, 0) is 50.6 Å². The van der Waals surface area contributed by atoms with Crippen molar-refractivity contribution in [3.63, 3.8) is 0 Å². The molecule has 136 valence electrons. The van der Waals surface area contributed by atoms with Crippen LogP contribution in [0.5, 0.6) is 0 Å². The summed E-state index contributed by atoms with van der Waals surface area (Å²) in [4.78, 5) is 25.3. The Morgan fingerprint density at radius 1 is 1.04 bits per heavy atom. The lowest BCUT2D eigenvalue weighted by Gasteiger charge is -2.27. The summed E-state index contributed by atoms with van der Waals surface area (Å²) in [6.45, 7) is 6.39. The molecule has 1 heterocycles. The topological polar surface area (TPSA) is 56.0 Å². The van der Waals surface area contributed by atoms with Crippen molar-refractivity contribution in [3.05, 3.63) is 69.1 Å². The SMILES string of the molecule is CCn1c(=O)n(CC(=O)NC(C)(C)c2ccc(Br)cc2)c2ccccc21. The highest BCUT2D eigenvalue weighted by Crippen LogP contribution is 2.22. The molecule has 0 saturated heterocycles. The molecule has 0 radical (unpaired) electrons. The highest BCUT2D eigenvalue weighted by atomic mass is 79.9. The van der Waals surface area contributed by atoms with Crippen LogP contribution in [-0.2, 0) is 23.4 Å². The van der Waals surface area contributed by atoms with Gasteiger partial charge in [-0.1, -0.05) is 40.2 Å². The fraction of sp³-hybridized carbons (Fsp3) is 0.300. The lowest BCUT2D eigenvalue weighted by Crippen LogP contribution is -2.43. The third-order valence-corrected chi connectivity index (χ3v) is 5.09. The highest BCUT2D eigenvalue weighted by molar-refractivity contribution is 9.10. The van der Waals surface area contributed by atoms with Crippen LogP contribution < -0.4 is 11.0 Å². The summed E-state index contributed by atoms with van der Waals surface area (Å²) in [5.41, 5.74) is 1.92. The third kappa shape index (κ3) is 3.46. The number of hydrogen-bond donors (Lipinski definition) is 1. The van der Waals surface area contributed by atoms with Crippen LogP contribution in [0.1, 0.15) is 26.3 Å². The summed E-state index contributed by atoms with van der Waals surface area (Å²) < 4.78 is 4.20. The van der Waals surface area contributed by atoms with Gasteiger partial charge in [0.1, 0.15) is 6.54 Å². The Labute approximate surface area is 160 Å². The predicted molar refractivity (Wildman–Crippen MR) is 107 cm³/mol. The molecule has 0 atom stereocenters. The van der Waals surface area contributed by atoms with E-state index in [-0.39, 0.29) is 18.1 Å². The molecule has 6 heteroatoms. The molecule has 0 aliphatic heterocycles. The first-order valence-electron chi connectivity index (χ1n) is 8.58. The number of aromatic nitrogens is 2. The van der Waals surface area contributed by atoms with Crippen LogP contribution in [0, 0.1) is 0 Å². The van der Waals surface area contributed by atoms with Crippen LogP contribution in [0.25, 0.3) is 11.0 Å². The number of hydrogen-bond acceptors (Lipinski definition) is 2. The number of aryl methyl sites for hydroxylation is 1. The predicted octanol–water partition coefficient (Wildman–Crippen LogP) is 3.64. The minimum atomic E-state index is -0.537. The Morgan fingerprint density at radius 2 is 1.62 bits per heavy atom. The molecule has 0 bridgehead atoms. The number of rotatable bonds is 5. The Kier molecular flexibility index (Phi) is 5.05. The largest absolute Gasteiger partial charge is 0.346 e. The number of carbonyl (C=O) groups is 1. The van der Waals surface area contributed by atoms with Crippen molar-refractivity contribution in [1.82, 2.24) is 14.5 Å². The minimum absolute atomic E-state index is 0.00763. The van der Waals surface area contributed by atoms with E-state index in [1.807, 2.05) is 69.3 Å². The molecule has 0 aliphatic carbocycles. The maximum absolute atomic E-state index is 12.7. The van der Waals surface area contributed by atoms with Crippen molar-refractivity contribution in [3.8, 4) is 0 Å². The Hall–Kier alpha value is -2.34. The molecule has 5 nitrogen and oxygen atoms in total. The van der Waals surface area contributed by atoms with Crippen molar-refractivity contribution in [2.75, 3.05) is 0 Å². The van der Waals surface area contributed by atoms with Crippen molar-refractivity contribution < 1.29 is 4.79 Å². The van der Waals surface area contributed by atoms with Crippen LogP contribution >= 0.6 is 15.9 Å². The van der Waals surface area contributed by atoms with E-state index in [9.17, 15) is 9.59 Å². The van der Waals surface area contributed by atoms with Gasteiger partial charge in [0, 0.05) is 11.0 Å². The van der Waals surface area contributed by atoms with E-state index in [1.54, 1.807) is 4.57 Å². The van der Waals surface area contributed by atoms with Gasteiger partial charge < -0.3 is 5.32 Å². The van der Waals surface area contributed by atoms with Crippen molar-refractivity contribution >= 4 is 32.9 Å². The van der Waals surface area contributed by atoms with Gasteiger partial charge >= 0.3 is 5.69 Å². The van der Waals surface area contributed by atoms with Gasteiger partial charge in [0.05, 0.1) is 16.6 Å². The normalized spacial score (nSPS) is 11.7. The lowest BCUT2D eigenvalue weighted by atomic mass is 9.94. The lowest BCUT2D eigenvalue weighted by molar-refractivity contribution is -0.123. The van der Waals surface area contributed by atoms with Gasteiger partial charge in [0.15, 0.2) is 0 Å². The first kappa shape index (κ1) is 18.5. The molecule has 0 spiro atoms. The molecule has 3 aromatic rings. The Balaban J connectivity index is 1.87. The average Bonchev–Trinajstić information content (AvgIpc) is 2.86. The fourth-order valence-corrected chi connectivity index (χ4v) is 3.47. The van der Waals surface area contributed by atoms with E-state index in [4.69, 9.17) is 0 Å². The van der Waals surface area contributed by atoms with Crippen LogP contribution in [0.2, 0.25) is 0 Å². The first-order chi connectivity index (χ1) is 12.3. The third-order valence-electron chi connectivity index (χ3n) is 4.56. The second-order valence-corrected chi connectivity index (χ2v) is 7.70. The molecule has 0 saturated carbocycles. The van der Waals surface area contributed by atoms with Crippen molar-refractivity contribution in [2.24, 2.45) is 0 Å². The van der Waals surface area contributed by atoms with Gasteiger partial charge in [-0.15, -0.1) is 0 Å². The molecule has 26 heavy (non-hydrogen) atoms. The van der Waals surface area contributed by atoms with Crippen LogP contribution in [0.3, 0.4) is 0 Å². The molecule has 1 N–H and O–H groups in total. The van der Waals surface area contributed by atoms with E-state index in [1.165, 1.54) is 4.57 Å². The molecule has 0 aliphatic rings. The van der Waals surface area contributed by atoms with E-state index in [2.05, 4.69) is 21.2 Å². The zero-order valence-electron chi connectivity index (χ0n) is 15.1. The van der Waals surface area contributed by atoms with E-state index in [0.29, 0.717) is 6.54 Å². The fourth-order valence-electron chi connectivity index (χ4n) is 3.20. The van der Waals surface area contributed by atoms with Crippen molar-refractivity contribution in [2.45, 2.75) is 39.4 Å². The first-order valence-corrected chi connectivity index (χ1v) is 9.38.